The molecule has 0 saturated carbocycles. The molecule has 10 heteroatoms. The first-order chi connectivity index (χ1) is 16.7. The average molecular weight is 493 g/mol. The Bertz CT molecular complexity index is 802. The first-order valence-electron chi connectivity index (χ1n) is 12.2. The molecule has 1 aromatic carbocycles. The summed E-state index contributed by atoms with van der Waals surface area (Å²) in [5, 5.41) is 20.0. The molecule has 0 fully saturated rings. The van der Waals surface area contributed by atoms with Crippen LogP contribution in [-0.2, 0) is 25.5 Å². The lowest BCUT2D eigenvalue weighted by Crippen LogP contribution is -2.54. The molecule has 10 nitrogen and oxygen atoms in total. The van der Waals surface area contributed by atoms with Gasteiger partial charge in [-0.2, -0.15) is 0 Å². The van der Waals surface area contributed by atoms with Crippen molar-refractivity contribution in [2.75, 3.05) is 19.8 Å². The quantitative estimate of drug-likeness (QED) is 0.249. The summed E-state index contributed by atoms with van der Waals surface area (Å²) in [4.78, 5) is 49.8. The fourth-order valence-electron chi connectivity index (χ4n) is 3.52. The van der Waals surface area contributed by atoms with Gasteiger partial charge in [0.25, 0.3) is 0 Å². The molecule has 0 aromatic heterocycles. The summed E-state index contributed by atoms with van der Waals surface area (Å²) in [6.45, 7) is 7.13. The van der Waals surface area contributed by atoms with Crippen LogP contribution in [0, 0.1) is 5.92 Å². The predicted molar refractivity (Wildman–Crippen MR) is 132 cm³/mol. The van der Waals surface area contributed by atoms with E-state index >= 15 is 0 Å². The molecule has 35 heavy (non-hydrogen) atoms. The Labute approximate surface area is 207 Å². The van der Waals surface area contributed by atoms with Crippen molar-refractivity contribution in [3.8, 4) is 0 Å². The van der Waals surface area contributed by atoms with E-state index in [1.807, 2.05) is 51.1 Å². The maximum absolute atomic E-state index is 12.8. The number of hydrogen-bond donors (Lipinski definition) is 5. The lowest BCUT2D eigenvalue weighted by Gasteiger charge is -2.23. The van der Waals surface area contributed by atoms with E-state index in [4.69, 9.17) is 4.74 Å². The molecule has 0 spiro atoms. The molecule has 0 aliphatic heterocycles. The van der Waals surface area contributed by atoms with Gasteiger partial charge in [0.05, 0.1) is 25.8 Å². The van der Waals surface area contributed by atoms with Gasteiger partial charge in [-0.15, -0.1) is 0 Å². The number of rotatable bonds is 15. The zero-order valence-electron chi connectivity index (χ0n) is 21.1. The van der Waals surface area contributed by atoms with E-state index in [1.165, 1.54) is 0 Å². The Balaban J connectivity index is 2.72. The molecule has 1 aromatic rings. The highest BCUT2D eigenvalue weighted by molar-refractivity contribution is 5.92. The van der Waals surface area contributed by atoms with Gasteiger partial charge in [-0.1, -0.05) is 57.5 Å². The number of carbonyl (C=O) groups excluding carboxylic acids is 4. The minimum atomic E-state index is -0.944. The average Bonchev–Trinajstić information content (AvgIpc) is 2.81. The molecule has 0 aliphatic carbocycles. The van der Waals surface area contributed by atoms with Crippen molar-refractivity contribution in [2.45, 2.75) is 71.5 Å². The van der Waals surface area contributed by atoms with Crippen LogP contribution in [0.1, 0.15) is 52.5 Å². The lowest BCUT2D eigenvalue weighted by atomic mass is 10.0. The predicted octanol–water partition coefficient (Wildman–Crippen LogP) is 1.27. The van der Waals surface area contributed by atoms with Crippen LogP contribution < -0.4 is 21.3 Å². The SMILES string of the molecule is CCC[C@H](NC(=O)CNC(=O)[C@H](Cc1ccccc1)NC(=O)OCC)C(=O)NC(CO)CC(C)C. The van der Waals surface area contributed by atoms with Gasteiger partial charge >= 0.3 is 6.09 Å². The number of aliphatic hydroxyl groups is 1. The second kappa shape index (κ2) is 16.5. The van der Waals surface area contributed by atoms with Crippen molar-refractivity contribution in [1.29, 1.82) is 0 Å². The molecule has 1 unspecified atom stereocenters. The number of hydrogen-bond acceptors (Lipinski definition) is 6. The third-order valence-corrected chi connectivity index (χ3v) is 5.14. The van der Waals surface area contributed by atoms with Crippen molar-refractivity contribution in [3.63, 3.8) is 0 Å². The van der Waals surface area contributed by atoms with E-state index in [9.17, 15) is 24.3 Å². The van der Waals surface area contributed by atoms with Gasteiger partial charge in [0.15, 0.2) is 0 Å². The molecule has 1 rings (SSSR count). The highest BCUT2D eigenvalue weighted by Gasteiger charge is 2.25. The summed E-state index contributed by atoms with van der Waals surface area (Å²) in [7, 11) is 0. The zero-order valence-corrected chi connectivity index (χ0v) is 21.1. The van der Waals surface area contributed by atoms with Crippen LogP contribution in [0.5, 0.6) is 0 Å². The molecule has 4 amide bonds. The van der Waals surface area contributed by atoms with Gasteiger partial charge in [-0.3, -0.25) is 14.4 Å². The van der Waals surface area contributed by atoms with Crippen LogP contribution in [0.2, 0.25) is 0 Å². The monoisotopic (exact) mass is 492 g/mol. The van der Waals surface area contributed by atoms with Crippen LogP contribution in [0.25, 0.3) is 0 Å². The number of amides is 4. The molecule has 0 radical (unpaired) electrons. The fourth-order valence-corrected chi connectivity index (χ4v) is 3.52. The molecular weight excluding hydrogens is 452 g/mol. The zero-order chi connectivity index (χ0) is 26.2. The summed E-state index contributed by atoms with van der Waals surface area (Å²) in [5.74, 6) is -1.18. The second-order valence-corrected chi connectivity index (χ2v) is 8.75. The van der Waals surface area contributed by atoms with Crippen molar-refractivity contribution in [1.82, 2.24) is 21.3 Å². The summed E-state index contributed by atoms with van der Waals surface area (Å²) >= 11 is 0. The topological polar surface area (TPSA) is 146 Å². The van der Waals surface area contributed by atoms with Gasteiger partial charge in [0, 0.05) is 6.42 Å². The van der Waals surface area contributed by atoms with Gasteiger partial charge in [0.1, 0.15) is 12.1 Å². The number of aliphatic hydroxyl groups excluding tert-OH is 1. The van der Waals surface area contributed by atoms with E-state index < -0.39 is 36.0 Å². The third kappa shape index (κ3) is 12.2. The van der Waals surface area contributed by atoms with Crippen molar-refractivity contribution < 1.29 is 29.0 Å². The molecular formula is C25H40N4O6. The molecule has 0 aliphatic rings. The van der Waals surface area contributed by atoms with E-state index in [1.54, 1.807) is 6.92 Å². The van der Waals surface area contributed by atoms with Gasteiger partial charge < -0.3 is 31.1 Å². The van der Waals surface area contributed by atoms with Gasteiger partial charge in [-0.05, 0) is 31.2 Å². The number of benzene rings is 1. The van der Waals surface area contributed by atoms with E-state index in [2.05, 4.69) is 21.3 Å². The maximum atomic E-state index is 12.8. The Morgan fingerprint density at radius 1 is 0.943 bits per heavy atom. The standard InChI is InChI=1S/C25H40N4O6/c1-5-10-20(24(33)27-19(16-30)13-17(3)4)28-22(31)15-26-23(32)21(29-25(34)35-6-2)14-18-11-8-7-9-12-18/h7-9,11-12,17,19-21,30H,5-6,10,13-16H2,1-4H3,(H,26,32)(H,27,33)(H,28,31)(H,29,34)/t19?,20-,21-/m0/s1. The lowest BCUT2D eigenvalue weighted by molar-refractivity contribution is -0.130. The van der Waals surface area contributed by atoms with Crippen molar-refractivity contribution in [3.05, 3.63) is 35.9 Å². The number of nitrogens with one attached hydrogen (secondary N) is 4. The Morgan fingerprint density at radius 3 is 2.20 bits per heavy atom. The van der Waals surface area contributed by atoms with E-state index in [-0.39, 0.29) is 38.0 Å². The van der Waals surface area contributed by atoms with Crippen LogP contribution >= 0.6 is 0 Å². The molecule has 0 saturated heterocycles. The molecule has 0 heterocycles. The van der Waals surface area contributed by atoms with Gasteiger partial charge in [-0.25, -0.2) is 4.79 Å². The van der Waals surface area contributed by atoms with E-state index in [0.717, 1.165) is 5.56 Å². The Hall–Kier alpha value is -3.14. The first-order valence-corrected chi connectivity index (χ1v) is 12.2. The minimum absolute atomic E-state index is 0.156. The summed E-state index contributed by atoms with van der Waals surface area (Å²) < 4.78 is 4.88. The van der Waals surface area contributed by atoms with Crippen LogP contribution in [-0.4, -0.2) is 66.8 Å². The van der Waals surface area contributed by atoms with Crippen LogP contribution in [0.15, 0.2) is 30.3 Å². The van der Waals surface area contributed by atoms with Gasteiger partial charge in [0.2, 0.25) is 17.7 Å². The summed E-state index contributed by atoms with van der Waals surface area (Å²) in [6.07, 6.45) is 1.16. The summed E-state index contributed by atoms with van der Waals surface area (Å²) in [6, 6.07) is 7.01. The number of carbonyl (C=O) groups is 4. The normalized spacial score (nSPS) is 13.3. The second-order valence-electron chi connectivity index (χ2n) is 8.75. The minimum Gasteiger partial charge on any atom is -0.450 e. The van der Waals surface area contributed by atoms with Crippen LogP contribution in [0.3, 0.4) is 0 Å². The largest absolute Gasteiger partial charge is 0.450 e. The molecule has 0 bridgehead atoms. The number of ether oxygens (including phenoxy) is 1. The highest BCUT2D eigenvalue weighted by Crippen LogP contribution is 2.06. The first kappa shape index (κ1) is 29.9. The highest BCUT2D eigenvalue weighted by atomic mass is 16.5. The summed E-state index contributed by atoms with van der Waals surface area (Å²) in [5.41, 5.74) is 0.827. The smallest absolute Gasteiger partial charge is 0.407 e. The molecule has 196 valence electrons. The molecule has 5 N–H and O–H groups in total. The van der Waals surface area contributed by atoms with Crippen molar-refractivity contribution >= 4 is 23.8 Å². The van der Waals surface area contributed by atoms with E-state index in [0.29, 0.717) is 19.3 Å². The van der Waals surface area contributed by atoms with Crippen molar-refractivity contribution in [2.24, 2.45) is 5.92 Å². The fraction of sp³-hybridized carbons (Fsp3) is 0.600. The third-order valence-electron chi connectivity index (χ3n) is 5.14. The molecule has 3 atom stereocenters. The van der Waals surface area contributed by atoms with Crippen LogP contribution in [0.4, 0.5) is 4.79 Å². The maximum Gasteiger partial charge on any atom is 0.407 e. The number of alkyl carbamates (subject to hydrolysis) is 1. The Morgan fingerprint density at radius 2 is 1.63 bits per heavy atom. The Kier molecular flexibility index (Phi) is 14.1.